The summed E-state index contributed by atoms with van der Waals surface area (Å²) in [4.78, 5) is 19.6. The van der Waals surface area contributed by atoms with Gasteiger partial charge in [0.1, 0.15) is 16.6 Å². The second-order valence-electron chi connectivity index (χ2n) is 8.99. The van der Waals surface area contributed by atoms with Crippen molar-refractivity contribution in [1.29, 1.82) is 0 Å². The van der Waals surface area contributed by atoms with E-state index in [0.29, 0.717) is 11.1 Å². The summed E-state index contributed by atoms with van der Waals surface area (Å²) in [6.07, 6.45) is 1.51. The molecule has 5 nitrogen and oxygen atoms in total. The van der Waals surface area contributed by atoms with Crippen LogP contribution in [0.4, 0.5) is 8.78 Å². The Morgan fingerprint density at radius 2 is 1.76 bits per heavy atom. The predicted octanol–water partition coefficient (Wildman–Crippen LogP) is 5.22. The first-order valence-electron chi connectivity index (χ1n) is 12.1. The molecule has 4 rings (SSSR count). The number of aliphatic hydroxyl groups excluding tert-OH is 1. The van der Waals surface area contributed by atoms with Crippen LogP contribution in [0.5, 0.6) is 0 Å². The van der Waals surface area contributed by atoms with Crippen molar-refractivity contribution in [1.82, 2.24) is 9.88 Å². The van der Waals surface area contributed by atoms with Gasteiger partial charge in [-0.1, -0.05) is 43.3 Å². The van der Waals surface area contributed by atoms with Crippen LogP contribution in [0, 0.1) is 11.6 Å². The lowest BCUT2D eigenvalue weighted by Gasteiger charge is -2.28. The number of benzene rings is 3. The van der Waals surface area contributed by atoms with Crippen molar-refractivity contribution in [2.75, 3.05) is 6.54 Å². The van der Waals surface area contributed by atoms with E-state index < -0.39 is 23.8 Å². The maximum atomic E-state index is 13.7. The molecule has 0 unspecified atom stereocenters. The SMILES string of the molecule is CCc1cccc(CN(C[C@@H](O)[C@@H](N)Cc2cc(F)cc(F)c2)C(=O)c2cccc(-c3nccs3)c2)c1. The number of hydrogen-bond acceptors (Lipinski definition) is 5. The lowest BCUT2D eigenvalue weighted by molar-refractivity contribution is 0.0554. The Morgan fingerprint density at radius 3 is 2.46 bits per heavy atom. The van der Waals surface area contributed by atoms with Gasteiger partial charge in [0.05, 0.1) is 6.10 Å². The molecule has 0 aliphatic rings. The zero-order chi connectivity index (χ0) is 26.4. The number of hydrogen-bond donors (Lipinski definition) is 2. The summed E-state index contributed by atoms with van der Waals surface area (Å²) in [7, 11) is 0. The molecule has 0 radical (unpaired) electrons. The van der Waals surface area contributed by atoms with E-state index in [1.54, 1.807) is 29.3 Å². The summed E-state index contributed by atoms with van der Waals surface area (Å²) in [5.41, 5.74) is 9.93. The summed E-state index contributed by atoms with van der Waals surface area (Å²) in [5.74, 6) is -1.67. The van der Waals surface area contributed by atoms with Crippen molar-refractivity contribution < 1.29 is 18.7 Å². The number of aliphatic hydroxyl groups is 1. The molecule has 0 aliphatic heterocycles. The van der Waals surface area contributed by atoms with E-state index in [2.05, 4.69) is 11.9 Å². The van der Waals surface area contributed by atoms with Gasteiger partial charge in [-0.25, -0.2) is 13.8 Å². The molecule has 1 heterocycles. The Morgan fingerprint density at radius 1 is 1.03 bits per heavy atom. The van der Waals surface area contributed by atoms with E-state index in [-0.39, 0.29) is 25.4 Å². The first-order chi connectivity index (χ1) is 17.8. The lowest BCUT2D eigenvalue weighted by Crippen LogP contribution is -2.46. The number of amides is 1. The third kappa shape index (κ3) is 7.07. The molecular formula is C29H29F2N3O2S. The third-order valence-corrected chi connectivity index (χ3v) is 6.97. The van der Waals surface area contributed by atoms with Crippen LogP contribution in [0.15, 0.2) is 78.3 Å². The standard InChI is InChI=1S/C29H29F2N3O2S/c1-2-19-5-3-6-20(11-19)17-34(18-27(35)26(32)14-21-12-24(30)16-25(31)13-21)29(36)23-8-4-7-22(15-23)28-33-9-10-37-28/h3-13,15-16,26-27,35H,2,14,17-18,32H2,1H3/t26-,27+/m0/s1. The highest BCUT2D eigenvalue weighted by Gasteiger charge is 2.24. The van der Waals surface area contributed by atoms with E-state index in [1.165, 1.54) is 23.5 Å². The van der Waals surface area contributed by atoms with Gasteiger partial charge in [0, 0.05) is 47.9 Å². The first-order valence-corrected chi connectivity index (χ1v) is 13.0. The van der Waals surface area contributed by atoms with Gasteiger partial charge < -0.3 is 15.7 Å². The molecule has 1 amide bonds. The Hall–Kier alpha value is -3.46. The lowest BCUT2D eigenvalue weighted by atomic mass is 10.0. The number of nitrogens with zero attached hydrogens (tertiary/aromatic N) is 2. The smallest absolute Gasteiger partial charge is 0.254 e. The predicted molar refractivity (Wildman–Crippen MR) is 142 cm³/mol. The summed E-state index contributed by atoms with van der Waals surface area (Å²) >= 11 is 1.48. The van der Waals surface area contributed by atoms with Crippen LogP contribution < -0.4 is 5.73 Å². The van der Waals surface area contributed by atoms with Crippen molar-refractivity contribution in [2.45, 2.75) is 38.5 Å². The Labute approximate surface area is 219 Å². The number of thiazole rings is 1. The average molecular weight is 522 g/mol. The maximum Gasteiger partial charge on any atom is 0.254 e. The molecule has 37 heavy (non-hydrogen) atoms. The zero-order valence-electron chi connectivity index (χ0n) is 20.5. The van der Waals surface area contributed by atoms with Crippen molar-refractivity contribution in [2.24, 2.45) is 5.73 Å². The highest BCUT2D eigenvalue weighted by atomic mass is 32.1. The molecule has 192 valence electrons. The van der Waals surface area contributed by atoms with Crippen LogP contribution in [-0.2, 0) is 19.4 Å². The minimum Gasteiger partial charge on any atom is -0.390 e. The van der Waals surface area contributed by atoms with E-state index >= 15 is 0 Å². The molecule has 0 bridgehead atoms. The van der Waals surface area contributed by atoms with Crippen LogP contribution in [0.25, 0.3) is 10.6 Å². The highest BCUT2D eigenvalue weighted by molar-refractivity contribution is 7.13. The van der Waals surface area contributed by atoms with Gasteiger partial charge in [0.25, 0.3) is 5.91 Å². The molecule has 2 atom stereocenters. The average Bonchev–Trinajstić information content (AvgIpc) is 3.42. The number of halogens is 2. The Kier molecular flexibility index (Phi) is 8.76. The summed E-state index contributed by atoms with van der Waals surface area (Å²) in [6.45, 7) is 2.28. The van der Waals surface area contributed by atoms with Crippen LogP contribution >= 0.6 is 11.3 Å². The van der Waals surface area contributed by atoms with Crippen molar-refractivity contribution in [3.63, 3.8) is 0 Å². The Balaban J connectivity index is 1.57. The topological polar surface area (TPSA) is 79.5 Å². The number of rotatable bonds is 10. The molecule has 8 heteroatoms. The van der Waals surface area contributed by atoms with Gasteiger partial charge in [-0.2, -0.15) is 0 Å². The highest BCUT2D eigenvalue weighted by Crippen LogP contribution is 2.24. The van der Waals surface area contributed by atoms with E-state index in [0.717, 1.165) is 34.2 Å². The fourth-order valence-electron chi connectivity index (χ4n) is 4.22. The van der Waals surface area contributed by atoms with Crippen LogP contribution in [0.1, 0.15) is 34.0 Å². The molecule has 0 saturated heterocycles. The van der Waals surface area contributed by atoms with Crippen LogP contribution in [0.3, 0.4) is 0 Å². The molecule has 0 saturated carbocycles. The van der Waals surface area contributed by atoms with Gasteiger partial charge in [-0.15, -0.1) is 11.3 Å². The second-order valence-corrected chi connectivity index (χ2v) is 9.88. The molecule has 4 aromatic rings. The van der Waals surface area contributed by atoms with Gasteiger partial charge in [-0.3, -0.25) is 4.79 Å². The van der Waals surface area contributed by atoms with Crippen LogP contribution in [-0.4, -0.2) is 39.6 Å². The quantitative estimate of drug-likeness (QED) is 0.300. The van der Waals surface area contributed by atoms with E-state index in [9.17, 15) is 18.7 Å². The number of carbonyl (C=O) groups is 1. The van der Waals surface area contributed by atoms with Crippen molar-refractivity contribution in [3.05, 3.63) is 112 Å². The number of aromatic nitrogens is 1. The van der Waals surface area contributed by atoms with Gasteiger partial charge in [0.15, 0.2) is 0 Å². The first kappa shape index (κ1) is 26.6. The van der Waals surface area contributed by atoms with Crippen LogP contribution in [0.2, 0.25) is 0 Å². The number of aryl methyl sites for hydroxylation is 1. The van der Waals surface area contributed by atoms with Crippen molar-refractivity contribution in [3.8, 4) is 10.6 Å². The minimum atomic E-state index is -1.12. The van der Waals surface area contributed by atoms with Gasteiger partial charge in [0.2, 0.25) is 0 Å². The number of nitrogens with two attached hydrogens (primary N) is 1. The van der Waals surface area contributed by atoms with Crippen molar-refractivity contribution >= 4 is 17.2 Å². The monoisotopic (exact) mass is 521 g/mol. The fraction of sp³-hybridized carbons (Fsp3) is 0.241. The largest absolute Gasteiger partial charge is 0.390 e. The molecule has 0 fully saturated rings. The van der Waals surface area contributed by atoms with Gasteiger partial charge in [-0.05, 0) is 53.8 Å². The maximum absolute atomic E-state index is 13.7. The molecule has 0 aliphatic carbocycles. The molecule has 0 spiro atoms. The summed E-state index contributed by atoms with van der Waals surface area (Å²) in [6, 6.07) is 17.5. The fourth-order valence-corrected chi connectivity index (χ4v) is 4.85. The molecule has 3 N–H and O–H groups in total. The zero-order valence-corrected chi connectivity index (χ0v) is 21.3. The molecular weight excluding hydrogens is 492 g/mol. The van der Waals surface area contributed by atoms with Gasteiger partial charge >= 0.3 is 0 Å². The van der Waals surface area contributed by atoms with E-state index in [4.69, 9.17) is 5.73 Å². The number of carbonyl (C=O) groups excluding carboxylic acids is 1. The minimum absolute atomic E-state index is 0.0460. The normalized spacial score (nSPS) is 12.8. The Bertz CT molecular complexity index is 1330. The summed E-state index contributed by atoms with van der Waals surface area (Å²) < 4.78 is 27.2. The second kappa shape index (κ2) is 12.2. The third-order valence-electron chi connectivity index (χ3n) is 6.14. The molecule has 1 aromatic heterocycles. The molecule has 3 aromatic carbocycles. The van der Waals surface area contributed by atoms with E-state index in [1.807, 2.05) is 35.7 Å². The summed E-state index contributed by atoms with van der Waals surface area (Å²) in [5, 5.41) is 13.6.